The van der Waals surface area contributed by atoms with Crippen molar-refractivity contribution in [1.29, 1.82) is 0 Å². The summed E-state index contributed by atoms with van der Waals surface area (Å²) < 4.78 is 0. The molecule has 0 heterocycles. The number of Topliss-reactive ketones (excluding diaryl/α,β-unsaturated/α-hetero) is 1. The quantitative estimate of drug-likeness (QED) is 0.758. The van der Waals surface area contributed by atoms with E-state index in [1.54, 1.807) is 0 Å². The fourth-order valence-corrected chi connectivity index (χ4v) is 3.54. The Morgan fingerprint density at radius 3 is 2.55 bits per heavy atom. The molecule has 0 aliphatic heterocycles. The molecule has 0 saturated heterocycles. The van der Waals surface area contributed by atoms with Crippen LogP contribution in [0.4, 0.5) is 0 Å². The summed E-state index contributed by atoms with van der Waals surface area (Å²) in [6.07, 6.45) is 4.02. The van der Waals surface area contributed by atoms with Crippen molar-refractivity contribution in [2.75, 3.05) is 0 Å². The smallest absolute Gasteiger partial charge is 0.136 e. The van der Waals surface area contributed by atoms with Gasteiger partial charge in [0.05, 0.1) is 12.0 Å². The van der Waals surface area contributed by atoms with E-state index in [-0.39, 0.29) is 23.5 Å². The van der Waals surface area contributed by atoms with Gasteiger partial charge in [0.25, 0.3) is 0 Å². The maximum Gasteiger partial charge on any atom is 0.136 e. The fraction of sp³-hybridized carbons (Fsp3) is 0.824. The zero-order valence-corrected chi connectivity index (χ0v) is 12.5. The van der Waals surface area contributed by atoms with Crippen molar-refractivity contribution < 1.29 is 15.0 Å². The lowest BCUT2D eigenvalue weighted by Gasteiger charge is -2.30. The van der Waals surface area contributed by atoms with Gasteiger partial charge < -0.3 is 10.2 Å². The first kappa shape index (κ1) is 15.5. The van der Waals surface area contributed by atoms with Gasteiger partial charge in [0.1, 0.15) is 11.9 Å². The van der Waals surface area contributed by atoms with Crippen LogP contribution in [0.15, 0.2) is 0 Å². The van der Waals surface area contributed by atoms with E-state index in [1.165, 1.54) is 0 Å². The Labute approximate surface area is 121 Å². The second-order valence-electron chi connectivity index (χ2n) is 6.33. The number of hydrogen-bond donors (Lipinski definition) is 2. The van der Waals surface area contributed by atoms with E-state index < -0.39 is 12.2 Å². The molecule has 3 nitrogen and oxygen atoms in total. The average Bonchev–Trinajstić information content (AvgIpc) is 2.69. The molecule has 0 amide bonds. The number of aliphatic hydroxyl groups is 2. The second-order valence-corrected chi connectivity index (χ2v) is 6.33. The van der Waals surface area contributed by atoms with Gasteiger partial charge in [-0.1, -0.05) is 38.5 Å². The predicted molar refractivity (Wildman–Crippen MR) is 77.8 cm³/mol. The standard InChI is InChI=1S/C17H26O3/c1-3-11(4-2)5-6-12(18)7-8-13-14-9-17(20)15(14)10-16(13)19/h11-16,18-19H,3-6,9-10H2,1-2H3. The topological polar surface area (TPSA) is 57.5 Å². The molecule has 3 heteroatoms. The minimum absolute atomic E-state index is 0.0333. The third-order valence-electron chi connectivity index (χ3n) is 5.16. The van der Waals surface area contributed by atoms with Gasteiger partial charge in [-0.15, -0.1) is 0 Å². The van der Waals surface area contributed by atoms with Gasteiger partial charge in [-0.05, 0) is 31.1 Å². The molecular weight excluding hydrogens is 252 g/mol. The molecule has 0 aromatic carbocycles. The van der Waals surface area contributed by atoms with E-state index in [0.29, 0.717) is 25.2 Å². The fourth-order valence-electron chi connectivity index (χ4n) is 3.54. The molecule has 0 radical (unpaired) electrons. The second kappa shape index (κ2) is 6.74. The third kappa shape index (κ3) is 3.24. The molecule has 0 aromatic heterocycles. The summed E-state index contributed by atoms with van der Waals surface area (Å²) in [4.78, 5) is 11.4. The number of carbonyl (C=O) groups excluding carboxylic acids is 1. The van der Waals surface area contributed by atoms with Gasteiger partial charge in [-0.2, -0.15) is 0 Å². The van der Waals surface area contributed by atoms with Crippen LogP contribution < -0.4 is 0 Å². The Balaban J connectivity index is 1.83. The van der Waals surface area contributed by atoms with Gasteiger partial charge in [-0.25, -0.2) is 0 Å². The van der Waals surface area contributed by atoms with E-state index in [0.717, 1.165) is 19.3 Å². The first-order valence-corrected chi connectivity index (χ1v) is 7.96. The lowest BCUT2D eigenvalue weighted by Crippen LogP contribution is -2.35. The van der Waals surface area contributed by atoms with Gasteiger partial charge in [0, 0.05) is 12.3 Å². The van der Waals surface area contributed by atoms with Gasteiger partial charge >= 0.3 is 0 Å². The molecule has 5 unspecified atom stereocenters. The normalized spacial score (nSPS) is 33.4. The molecule has 0 aromatic rings. The molecule has 5 atom stereocenters. The summed E-state index contributed by atoms with van der Waals surface area (Å²) in [7, 11) is 0. The maximum atomic E-state index is 11.4. The Morgan fingerprint density at radius 1 is 1.30 bits per heavy atom. The van der Waals surface area contributed by atoms with Crippen LogP contribution in [0.25, 0.3) is 0 Å². The molecule has 0 bridgehead atoms. The van der Waals surface area contributed by atoms with Crippen LogP contribution in [0.5, 0.6) is 0 Å². The Morgan fingerprint density at radius 2 is 2.00 bits per heavy atom. The maximum absolute atomic E-state index is 11.4. The Hall–Kier alpha value is -0.850. The van der Waals surface area contributed by atoms with E-state index in [1.807, 2.05) is 0 Å². The summed E-state index contributed by atoms with van der Waals surface area (Å²) in [5.41, 5.74) is 0. The number of aliphatic hydroxyl groups excluding tert-OH is 2. The Bertz CT molecular complexity index is 402. The lowest BCUT2D eigenvalue weighted by molar-refractivity contribution is -0.133. The molecule has 2 saturated carbocycles. The van der Waals surface area contributed by atoms with E-state index >= 15 is 0 Å². The molecule has 20 heavy (non-hydrogen) atoms. The zero-order chi connectivity index (χ0) is 14.7. The van der Waals surface area contributed by atoms with Crippen LogP contribution in [0, 0.1) is 35.5 Å². The number of carbonyl (C=O) groups is 1. The third-order valence-corrected chi connectivity index (χ3v) is 5.16. The number of rotatable bonds is 5. The molecule has 112 valence electrons. The summed E-state index contributed by atoms with van der Waals surface area (Å²) in [5, 5.41) is 19.9. The van der Waals surface area contributed by atoms with E-state index in [4.69, 9.17) is 0 Å². The van der Waals surface area contributed by atoms with Crippen LogP contribution >= 0.6 is 0 Å². The molecular formula is C17H26O3. The van der Waals surface area contributed by atoms with Crippen molar-refractivity contribution >= 4 is 5.78 Å². The molecule has 2 aliphatic rings. The van der Waals surface area contributed by atoms with Crippen molar-refractivity contribution in [2.24, 2.45) is 23.7 Å². The summed E-state index contributed by atoms with van der Waals surface area (Å²) >= 11 is 0. The van der Waals surface area contributed by atoms with Crippen LogP contribution in [0.1, 0.15) is 52.4 Å². The van der Waals surface area contributed by atoms with Crippen molar-refractivity contribution in [3.8, 4) is 11.8 Å². The minimum Gasteiger partial charge on any atom is -0.392 e. The summed E-state index contributed by atoms with van der Waals surface area (Å²) in [6.45, 7) is 4.35. The minimum atomic E-state index is -0.599. The van der Waals surface area contributed by atoms with Gasteiger partial charge in [0.15, 0.2) is 0 Å². The highest BCUT2D eigenvalue weighted by molar-refractivity contribution is 5.88. The first-order chi connectivity index (χ1) is 9.56. The van der Waals surface area contributed by atoms with Crippen LogP contribution in [0.3, 0.4) is 0 Å². The SMILES string of the molecule is CCC(CC)CCC(O)C#CC1C(O)CC2C(=O)CC21. The number of fused-ring (bicyclic) bond motifs is 1. The largest absolute Gasteiger partial charge is 0.392 e. The number of hydrogen-bond acceptors (Lipinski definition) is 3. The zero-order valence-electron chi connectivity index (χ0n) is 12.5. The van der Waals surface area contributed by atoms with E-state index in [2.05, 4.69) is 25.7 Å². The van der Waals surface area contributed by atoms with Crippen LogP contribution in [-0.4, -0.2) is 28.2 Å². The highest BCUT2D eigenvalue weighted by atomic mass is 16.3. The molecule has 2 aliphatic carbocycles. The first-order valence-electron chi connectivity index (χ1n) is 7.96. The van der Waals surface area contributed by atoms with Crippen LogP contribution in [-0.2, 0) is 4.79 Å². The highest BCUT2D eigenvalue weighted by Gasteiger charge is 2.52. The Kier molecular flexibility index (Phi) is 5.23. The molecule has 0 spiro atoms. The molecule has 2 N–H and O–H groups in total. The summed E-state index contributed by atoms with van der Waals surface area (Å²) in [5.74, 6) is 7.02. The lowest BCUT2D eigenvalue weighted by atomic mass is 9.71. The molecule has 2 fully saturated rings. The van der Waals surface area contributed by atoms with Crippen LogP contribution in [0.2, 0.25) is 0 Å². The number of ketones is 1. The van der Waals surface area contributed by atoms with Crippen molar-refractivity contribution in [2.45, 2.75) is 64.6 Å². The van der Waals surface area contributed by atoms with E-state index in [9.17, 15) is 15.0 Å². The van der Waals surface area contributed by atoms with Crippen molar-refractivity contribution in [1.82, 2.24) is 0 Å². The monoisotopic (exact) mass is 278 g/mol. The predicted octanol–water partition coefficient (Wildman–Crippen LogP) is 2.15. The summed E-state index contributed by atoms with van der Waals surface area (Å²) in [6, 6.07) is 0. The van der Waals surface area contributed by atoms with Gasteiger partial charge in [-0.3, -0.25) is 4.79 Å². The van der Waals surface area contributed by atoms with Gasteiger partial charge in [0.2, 0.25) is 0 Å². The average molecular weight is 278 g/mol. The molecule has 2 rings (SSSR count). The highest BCUT2D eigenvalue weighted by Crippen LogP contribution is 2.47. The van der Waals surface area contributed by atoms with Crippen molar-refractivity contribution in [3.63, 3.8) is 0 Å². The van der Waals surface area contributed by atoms with Crippen molar-refractivity contribution in [3.05, 3.63) is 0 Å².